The Hall–Kier alpha value is -2.15. The van der Waals surface area contributed by atoms with Gasteiger partial charge >= 0.3 is 0 Å². The third-order valence-electron chi connectivity index (χ3n) is 4.30. The lowest BCUT2D eigenvalue weighted by Gasteiger charge is -2.31. The van der Waals surface area contributed by atoms with Gasteiger partial charge in [-0.25, -0.2) is 0 Å². The summed E-state index contributed by atoms with van der Waals surface area (Å²) in [6.45, 7) is 6.97. The molecule has 0 radical (unpaired) electrons. The molecular weight excluding hydrogens is 326 g/mol. The van der Waals surface area contributed by atoms with E-state index >= 15 is 0 Å². The van der Waals surface area contributed by atoms with E-state index in [-0.39, 0.29) is 17.7 Å². The summed E-state index contributed by atoms with van der Waals surface area (Å²) in [5.74, 6) is 1.02. The molecule has 1 saturated heterocycles. The first-order chi connectivity index (χ1) is 11.4. The van der Waals surface area contributed by atoms with Crippen LogP contribution in [0.2, 0.25) is 0 Å². The second-order valence-electron chi connectivity index (χ2n) is 6.21. The van der Waals surface area contributed by atoms with Gasteiger partial charge in [-0.3, -0.25) is 9.59 Å². The molecule has 24 heavy (non-hydrogen) atoms. The maximum absolute atomic E-state index is 12.6. The topological polar surface area (TPSA) is 75.4 Å². The third kappa shape index (κ3) is 3.51. The second-order valence-corrected chi connectivity index (χ2v) is 7.67. The van der Waals surface area contributed by atoms with Gasteiger partial charge in [-0.15, -0.1) is 11.3 Å². The highest BCUT2D eigenvalue weighted by atomic mass is 32.1. The smallest absolute Gasteiger partial charge is 0.254 e. The maximum Gasteiger partial charge on any atom is 0.254 e. The van der Waals surface area contributed by atoms with Crippen LogP contribution < -0.4 is 5.32 Å². The largest absolute Gasteiger partial charge is 0.360 e. The lowest BCUT2D eigenvalue weighted by molar-refractivity contribution is -0.121. The molecule has 2 aromatic rings. The van der Waals surface area contributed by atoms with Crippen molar-refractivity contribution < 1.29 is 14.1 Å². The first-order valence-electron chi connectivity index (χ1n) is 8.04. The Morgan fingerprint density at radius 1 is 1.25 bits per heavy atom. The van der Waals surface area contributed by atoms with Gasteiger partial charge in [0.25, 0.3) is 5.91 Å². The van der Waals surface area contributed by atoms with E-state index in [1.165, 1.54) is 0 Å². The van der Waals surface area contributed by atoms with Crippen molar-refractivity contribution in [3.8, 4) is 0 Å². The molecule has 0 bridgehead atoms. The van der Waals surface area contributed by atoms with Gasteiger partial charge in [0.2, 0.25) is 5.91 Å². The van der Waals surface area contributed by atoms with Gasteiger partial charge in [0.05, 0.1) is 5.56 Å². The Morgan fingerprint density at radius 3 is 2.50 bits per heavy atom. The molecule has 2 amide bonds. The van der Waals surface area contributed by atoms with Crippen LogP contribution in [0.3, 0.4) is 0 Å². The molecule has 2 aromatic heterocycles. The van der Waals surface area contributed by atoms with Crippen molar-refractivity contribution in [3.05, 3.63) is 33.2 Å². The number of carbonyl (C=O) groups excluding carboxylic acids is 2. The number of anilines is 1. The van der Waals surface area contributed by atoms with E-state index in [0.29, 0.717) is 37.5 Å². The fourth-order valence-electron chi connectivity index (χ4n) is 3.01. The molecule has 1 aliphatic rings. The van der Waals surface area contributed by atoms with E-state index in [0.717, 1.165) is 15.3 Å². The lowest BCUT2D eigenvalue weighted by Crippen LogP contribution is -2.41. The van der Waals surface area contributed by atoms with Gasteiger partial charge < -0.3 is 14.7 Å². The van der Waals surface area contributed by atoms with Crippen molar-refractivity contribution in [2.75, 3.05) is 18.4 Å². The molecule has 0 saturated carbocycles. The monoisotopic (exact) mass is 347 g/mol. The van der Waals surface area contributed by atoms with Gasteiger partial charge in [0.15, 0.2) is 5.82 Å². The molecule has 1 N–H and O–H groups in total. The van der Waals surface area contributed by atoms with Crippen molar-refractivity contribution in [1.29, 1.82) is 0 Å². The Morgan fingerprint density at radius 2 is 1.96 bits per heavy atom. The van der Waals surface area contributed by atoms with Crippen LogP contribution in [0, 0.1) is 26.7 Å². The minimum atomic E-state index is -0.101. The summed E-state index contributed by atoms with van der Waals surface area (Å²) in [6.07, 6.45) is 1.33. The molecule has 0 aliphatic carbocycles. The molecule has 0 atom stereocenters. The van der Waals surface area contributed by atoms with Crippen LogP contribution in [-0.2, 0) is 4.79 Å². The molecule has 6 nitrogen and oxygen atoms in total. The van der Waals surface area contributed by atoms with Gasteiger partial charge in [-0.1, -0.05) is 5.16 Å². The standard InChI is InChI=1S/C17H21N3O3S/c1-10-8-15(19-23-10)18-16(21)13-4-6-20(7-5-13)17(22)14-9-11(2)24-12(14)3/h8-9,13H,4-7H2,1-3H3,(H,18,19,21). The molecular formula is C17H21N3O3S. The summed E-state index contributed by atoms with van der Waals surface area (Å²) in [5, 5.41) is 6.55. The molecule has 1 aliphatic heterocycles. The maximum atomic E-state index is 12.6. The average Bonchev–Trinajstić information content (AvgIpc) is 3.11. The summed E-state index contributed by atoms with van der Waals surface area (Å²) in [7, 11) is 0. The van der Waals surface area contributed by atoms with Crippen LogP contribution in [-0.4, -0.2) is 35.0 Å². The molecule has 0 spiro atoms. The number of aryl methyl sites for hydroxylation is 3. The molecule has 3 heterocycles. The van der Waals surface area contributed by atoms with Crippen molar-refractivity contribution in [3.63, 3.8) is 0 Å². The fourth-order valence-corrected chi connectivity index (χ4v) is 3.93. The molecule has 128 valence electrons. The van der Waals surface area contributed by atoms with E-state index in [2.05, 4.69) is 10.5 Å². The summed E-state index contributed by atoms with van der Waals surface area (Å²) >= 11 is 1.64. The number of aromatic nitrogens is 1. The number of rotatable bonds is 3. The number of amides is 2. The Kier molecular flexibility index (Phi) is 4.71. The number of thiophene rings is 1. The number of likely N-dealkylation sites (tertiary alicyclic amines) is 1. The predicted octanol–water partition coefficient (Wildman–Crippen LogP) is 3.15. The summed E-state index contributed by atoms with van der Waals surface area (Å²) in [5.41, 5.74) is 0.790. The van der Waals surface area contributed by atoms with E-state index < -0.39 is 0 Å². The molecule has 0 unspecified atom stereocenters. The molecule has 1 fully saturated rings. The fraction of sp³-hybridized carbons (Fsp3) is 0.471. The summed E-state index contributed by atoms with van der Waals surface area (Å²) in [4.78, 5) is 28.9. The highest BCUT2D eigenvalue weighted by molar-refractivity contribution is 7.12. The Balaban J connectivity index is 1.56. The molecule has 0 aromatic carbocycles. The first kappa shape index (κ1) is 16.7. The number of nitrogens with zero attached hydrogens (tertiary/aromatic N) is 2. The van der Waals surface area contributed by atoms with Gasteiger partial charge in [-0.2, -0.15) is 0 Å². The number of nitrogens with one attached hydrogen (secondary N) is 1. The van der Waals surface area contributed by atoms with Crippen molar-refractivity contribution in [2.45, 2.75) is 33.6 Å². The lowest BCUT2D eigenvalue weighted by atomic mass is 9.95. The van der Waals surface area contributed by atoms with Crippen molar-refractivity contribution >= 4 is 29.0 Å². The summed E-state index contributed by atoms with van der Waals surface area (Å²) in [6, 6.07) is 3.65. The van der Waals surface area contributed by atoms with E-state index in [4.69, 9.17) is 4.52 Å². The van der Waals surface area contributed by atoms with Crippen LogP contribution in [0.15, 0.2) is 16.7 Å². The quantitative estimate of drug-likeness (QED) is 0.925. The summed E-state index contributed by atoms with van der Waals surface area (Å²) < 4.78 is 4.95. The zero-order chi connectivity index (χ0) is 17.3. The van der Waals surface area contributed by atoms with Gasteiger partial charge in [0.1, 0.15) is 5.76 Å². The zero-order valence-electron chi connectivity index (χ0n) is 14.1. The van der Waals surface area contributed by atoms with Gasteiger partial charge in [0, 0.05) is 34.8 Å². The van der Waals surface area contributed by atoms with E-state index in [9.17, 15) is 9.59 Å². The minimum absolute atomic E-state index is 0.0574. The van der Waals surface area contributed by atoms with E-state index in [1.54, 1.807) is 24.3 Å². The number of carbonyl (C=O) groups is 2. The SMILES string of the molecule is Cc1cc(NC(=O)C2CCN(C(=O)c3cc(C)sc3C)CC2)no1. The van der Waals surface area contributed by atoms with Crippen LogP contribution in [0.4, 0.5) is 5.82 Å². The van der Waals surface area contributed by atoms with Crippen molar-refractivity contribution in [1.82, 2.24) is 10.1 Å². The van der Waals surface area contributed by atoms with E-state index in [1.807, 2.05) is 24.8 Å². The predicted molar refractivity (Wildman–Crippen MR) is 92.3 cm³/mol. The number of hydrogen-bond donors (Lipinski definition) is 1. The van der Waals surface area contributed by atoms with Crippen molar-refractivity contribution in [2.24, 2.45) is 5.92 Å². The van der Waals surface area contributed by atoms with Crippen LogP contribution >= 0.6 is 11.3 Å². The molecule has 7 heteroatoms. The Labute approximate surface area is 144 Å². The third-order valence-corrected chi connectivity index (χ3v) is 5.27. The zero-order valence-corrected chi connectivity index (χ0v) is 14.9. The average molecular weight is 347 g/mol. The number of hydrogen-bond acceptors (Lipinski definition) is 5. The normalized spacial score (nSPS) is 15.5. The minimum Gasteiger partial charge on any atom is -0.360 e. The highest BCUT2D eigenvalue weighted by Crippen LogP contribution is 2.25. The van der Waals surface area contributed by atoms with Crippen LogP contribution in [0.25, 0.3) is 0 Å². The van der Waals surface area contributed by atoms with Crippen LogP contribution in [0.5, 0.6) is 0 Å². The number of piperidine rings is 1. The Bertz CT molecular complexity index is 757. The highest BCUT2D eigenvalue weighted by Gasteiger charge is 2.29. The van der Waals surface area contributed by atoms with Gasteiger partial charge in [-0.05, 0) is 39.7 Å². The molecule has 3 rings (SSSR count). The second kappa shape index (κ2) is 6.76. The van der Waals surface area contributed by atoms with Crippen LogP contribution in [0.1, 0.15) is 38.7 Å². The first-order valence-corrected chi connectivity index (χ1v) is 8.86.